The minimum absolute atomic E-state index is 0.432. The van der Waals surface area contributed by atoms with E-state index in [4.69, 9.17) is 0 Å². The smallest absolute Gasteiger partial charge is 0.133 e. The summed E-state index contributed by atoms with van der Waals surface area (Å²) in [6, 6.07) is 8.60. The molecule has 14 heavy (non-hydrogen) atoms. The molecule has 2 rings (SSSR count). The summed E-state index contributed by atoms with van der Waals surface area (Å²) in [5.74, 6) is 0.915. The van der Waals surface area contributed by atoms with Crippen LogP contribution in [0.3, 0.4) is 0 Å². The molecule has 0 aromatic heterocycles. The monoisotopic (exact) mass is 188 g/mol. The van der Waals surface area contributed by atoms with Gasteiger partial charge in [-0.2, -0.15) is 0 Å². The lowest BCUT2D eigenvalue weighted by Crippen LogP contribution is -2.13. The molecule has 0 heterocycles. The lowest BCUT2D eigenvalue weighted by Gasteiger charge is -2.21. The summed E-state index contributed by atoms with van der Waals surface area (Å²) in [6.07, 6.45) is 3.79. The number of hydrogen-bond acceptors (Lipinski definition) is 1. The second-order valence-electron chi connectivity index (χ2n) is 4.24. The Bertz CT molecular complexity index is 324. The van der Waals surface area contributed by atoms with E-state index in [0.29, 0.717) is 11.7 Å². The van der Waals surface area contributed by atoms with Gasteiger partial charge >= 0.3 is 0 Å². The molecule has 1 fully saturated rings. The van der Waals surface area contributed by atoms with Crippen molar-refractivity contribution in [2.24, 2.45) is 0 Å². The van der Waals surface area contributed by atoms with Gasteiger partial charge in [0.2, 0.25) is 0 Å². The minimum atomic E-state index is 0.432. The first kappa shape index (κ1) is 9.45. The molecule has 1 nitrogen and oxygen atoms in total. The minimum Gasteiger partial charge on any atom is -0.300 e. The topological polar surface area (TPSA) is 17.1 Å². The number of carbonyl (C=O) groups excluding carboxylic acids is 1. The standard InChI is InChI=1S/C13H16O/c1-10-5-7-11(8-6-10)12-3-2-4-13(14)9-12/h5-8,12H,2-4,9H2,1H3. The van der Waals surface area contributed by atoms with Gasteiger partial charge < -0.3 is 0 Å². The van der Waals surface area contributed by atoms with Crippen molar-refractivity contribution < 1.29 is 4.79 Å². The first-order valence-corrected chi connectivity index (χ1v) is 5.34. The molecule has 0 spiro atoms. The molecule has 74 valence electrons. The van der Waals surface area contributed by atoms with Crippen LogP contribution in [-0.4, -0.2) is 5.78 Å². The van der Waals surface area contributed by atoms with Crippen molar-refractivity contribution in [3.63, 3.8) is 0 Å². The summed E-state index contributed by atoms with van der Waals surface area (Å²) in [5, 5.41) is 0. The molecule has 1 saturated carbocycles. The maximum absolute atomic E-state index is 11.3. The van der Waals surface area contributed by atoms with E-state index in [1.807, 2.05) is 0 Å². The van der Waals surface area contributed by atoms with E-state index in [1.165, 1.54) is 17.5 Å². The van der Waals surface area contributed by atoms with Crippen molar-refractivity contribution in [2.45, 2.75) is 38.5 Å². The molecule has 0 aliphatic heterocycles. The number of aryl methyl sites for hydroxylation is 1. The predicted octanol–water partition coefficient (Wildman–Crippen LogP) is 3.22. The highest BCUT2D eigenvalue weighted by molar-refractivity contribution is 5.80. The van der Waals surface area contributed by atoms with Crippen LogP contribution < -0.4 is 0 Å². The van der Waals surface area contributed by atoms with Gasteiger partial charge in [0, 0.05) is 12.8 Å². The average molecular weight is 188 g/mol. The molecule has 0 radical (unpaired) electrons. The third-order valence-electron chi connectivity index (χ3n) is 3.03. The number of carbonyl (C=O) groups is 1. The number of ketones is 1. The number of rotatable bonds is 1. The Kier molecular flexibility index (Phi) is 2.67. The maximum atomic E-state index is 11.3. The predicted molar refractivity (Wildman–Crippen MR) is 57.4 cm³/mol. The van der Waals surface area contributed by atoms with E-state index in [9.17, 15) is 4.79 Å². The zero-order chi connectivity index (χ0) is 9.97. The second kappa shape index (κ2) is 3.95. The van der Waals surface area contributed by atoms with Crippen LogP contribution in [0.25, 0.3) is 0 Å². The molecule has 1 aliphatic rings. The van der Waals surface area contributed by atoms with E-state index in [-0.39, 0.29) is 0 Å². The van der Waals surface area contributed by atoms with Crippen molar-refractivity contribution in [1.29, 1.82) is 0 Å². The molecule has 1 unspecified atom stereocenters. The van der Waals surface area contributed by atoms with Crippen LogP contribution >= 0.6 is 0 Å². The van der Waals surface area contributed by atoms with Crippen LogP contribution in [0.1, 0.15) is 42.7 Å². The molecular weight excluding hydrogens is 172 g/mol. The zero-order valence-electron chi connectivity index (χ0n) is 8.62. The molecule has 0 saturated heterocycles. The van der Waals surface area contributed by atoms with E-state index >= 15 is 0 Å². The van der Waals surface area contributed by atoms with E-state index < -0.39 is 0 Å². The van der Waals surface area contributed by atoms with Gasteiger partial charge in [-0.3, -0.25) is 4.79 Å². The molecule has 0 bridgehead atoms. The summed E-state index contributed by atoms with van der Waals surface area (Å²) in [6.45, 7) is 2.09. The van der Waals surface area contributed by atoms with Gasteiger partial charge in [0.25, 0.3) is 0 Å². The molecule has 0 N–H and O–H groups in total. The number of Topliss-reactive ketones (excluding diaryl/α,β-unsaturated/α-hetero) is 1. The maximum Gasteiger partial charge on any atom is 0.133 e. The summed E-state index contributed by atoms with van der Waals surface area (Å²) in [4.78, 5) is 11.3. The SMILES string of the molecule is Cc1ccc(C2CCCC(=O)C2)cc1. The quantitative estimate of drug-likeness (QED) is 0.661. The molecule has 1 aliphatic carbocycles. The van der Waals surface area contributed by atoms with Gasteiger partial charge in [-0.05, 0) is 31.2 Å². The van der Waals surface area contributed by atoms with Gasteiger partial charge in [0.1, 0.15) is 5.78 Å². The fraction of sp³-hybridized carbons (Fsp3) is 0.462. The van der Waals surface area contributed by atoms with E-state index in [0.717, 1.165) is 19.3 Å². The number of benzene rings is 1. The van der Waals surface area contributed by atoms with Crippen LogP contribution in [0.15, 0.2) is 24.3 Å². The normalized spacial score (nSPS) is 22.4. The highest BCUT2D eigenvalue weighted by Gasteiger charge is 2.20. The third kappa shape index (κ3) is 2.03. The highest BCUT2D eigenvalue weighted by Crippen LogP contribution is 2.30. The van der Waals surface area contributed by atoms with Gasteiger partial charge in [0.15, 0.2) is 0 Å². The molecule has 0 amide bonds. The summed E-state index contributed by atoms with van der Waals surface area (Å²) >= 11 is 0. The van der Waals surface area contributed by atoms with Gasteiger partial charge in [-0.25, -0.2) is 0 Å². The Morgan fingerprint density at radius 3 is 2.57 bits per heavy atom. The van der Waals surface area contributed by atoms with Crippen LogP contribution in [0.2, 0.25) is 0 Å². The van der Waals surface area contributed by atoms with Crippen LogP contribution in [0.5, 0.6) is 0 Å². The first-order chi connectivity index (χ1) is 6.75. The lowest BCUT2D eigenvalue weighted by molar-refractivity contribution is -0.120. The van der Waals surface area contributed by atoms with Crippen LogP contribution in [0, 0.1) is 6.92 Å². The van der Waals surface area contributed by atoms with E-state index in [1.54, 1.807) is 0 Å². The lowest BCUT2D eigenvalue weighted by atomic mass is 9.83. The first-order valence-electron chi connectivity index (χ1n) is 5.34. The van der Waals surface area contributed by atoms with Crippen molar-refractivity contribution in [3.05, 3.63) is 35.4 Å². The molecular formula is C13H16O. The largest absolute Gasteiger partial charge is 0.300 e. The van der Waals surface area contributed by atoms with Crippen LogP contribution in [0.4, 0.5) is 0 Å². The van der Waals surface area contributed by atoms with Gasteiger partial charge in [-0.15, -0.1) is 0 Å². The van der Waals surface area contributed by atoms with Crippen molar-refractivity contribution in [3.8, 4) is 0 Å². The average Bonchev–Trinajstić information content (AvgIpc) is 2.19. The van der Waals surface area contributed by atoms with E-state index in [2.05, 4.69) is 31.2 Å². The van der Waals surface area contributed by atoms with Gasteiger partial charge in [-0.1, -0.05) is 29.8 Å². The molecule has 1 aromatic carbocycles. The third-order valence-corrected chi connectivity index (χ3v) is 3.03. The highest BCUT2D eigenvalue weighted by atomic mass is 16.1. The second-order valence-corrected chi connectivity index (χ2v) is 4.24. The summed E-state index contributed by atoms with van der Waals surface area (Å²) in [5.41, 5.74) is 2.62. The van der Waals surface area contributed by atoms with Crippen molar-refractivity contribution >= 4 is 5.78 Å². The molecule has 1 atom stereocenters. The Labute approximate surface area is 85.1 Å². The van der Waals surface area contributed by atoms with Crippen LogP contribution in [-0.2, 0) is 4.79 Å². The summed E-state index contributed by atoms with van der Waals surface area (Å²) in [7, 11) is 0. The van der Waals surface area contributed by atoms with Crippen molar-refractivity contribution in [2.75, 3.05) is 0 Å². The fourth-order valence-electron chi connectivity index (χ4n) is 2.15. The Hall–Kier alpha value is -1.11. The number of hydrogen-bond donors (Lipinski definition) is 0. The molecule has 1 heteroatoms. The molecule has 1 aromatic rings. The summed E-state index contributed by atoms with van der Waals surface area (Å²) < 4.78 is 0. The Balaban J connectivity index is 2.14. The fourth-order valence-corrected chi connectivity index (χ4v) is 2.15. The van der Waals surface area contributed by atoms with Crippen molar-refractivity contribution in [1.82, 2.24) is 0 Å². The zero-order valence-corrected chi connectivity index (χ0v) is 8.62. The Morgan fingerprint density at radius 1 is 1.21 bits per heavy atom. The van der Waals surface area contributed by atoms with Gasteiger partial charge in [0.05, 0.1) is 0 Å². The Morgan fingerprint density at radius 2 is 1.93 bits per heavy atom.